The summed E-state index contributed by atoms with van der Waals surface area (Å²) >= 11 is 0. The number of pyridine rings is 1. The molecule has 0 unspecified atom stereocenters. The lowest BCUT2D eigenvalue weighted by molar-refractivity contribution is 0.661. The van der Waals surface area contributed by atoms with E-state index in [1.165, 1.54) is 55.2 Å². The van der Waals surface area contributed by atoms with Crippen LogP contribution in [0.2, 0.25) is 0 Å². The van der Waals surface area contributed by atoms with Gasteiger partial charge in [-0.1, -0.05) is 92.7 Å². The van der Waals surface area contributed by atoms with Crippen molar-refractivity contribution in [3.63, 3.8) is 0 Å². The van der Waals surface area contributed by atoms with Crippen molar-refractivity contribution in [1.82, 2.24) is 9.55 Å². The first kappa shape index (κ1) is 23.0. The Balaban J connectivity index is 1.37. The molecule has 1 aliphatic rings. The highest BCUT2D eigenvalue weighted by Crippen LogP contribution is 2.52. The lowest BCUT2D eigenvalue weighted by Crippen LogP contribution is -2.15. The molecule has 0 radical (unpaired) electrons. The molecule has 2 nitrogen and oxygen atoms in total. The summed E-state index contributed by atoms with van der Waals surface area (Å²) in [6.45, 7) is 4.74. The zero-order valence-corrected chi connectivity index (χ0v) is 22.6. The van der Waals surface area contributed by atoms with Gasteiger partial charge >= 0.3 is 0 Å². The van der Waals surface area contributed by atoms with Crippen molar-refractivity contribution < 1.29 is 0 Å². The van der Waals surface area contributed by atoms with Crippen LogP contribution in [0.15, 0.2) is 134 Å². The third-order valence-electron chi connectivity index (χ3n) is 8.64. The number of fused-ring (bicyclic) bond motifs is 6. The summed E-state index contributed by atoms with van der Waals surface area (Å²) in [6.07, 6.45) is 1.86. The van der Waals surface area contributed by atoms with Gasteiger partial charge in [0.15, 0.2) is 0 Å². The van der Waals surface area contributed by atoms with Gasteiger partial charge in [0.25, 0.3) is 0 Å². The summed E-state index contributed by atoms with van der Waals surface area (Å²) in [6, 6.07) is 46.2. The van der Waals surface area contributed by atoms with Crippen LogP contribution in [0.25, 0.3) is 61.0 Å². The van der Waals surface area contributed by atoms with Crippen molar-refractivity contribution in [1.29, 1.82) is 0 Å². The van der Waals surface area contributed by atoms with Crippen LogP contribution in [-0.4, -0.2) is 9.55 Å². The minimum absolute atomic E-state index is 0.110. The first-order valence-corrected chi connectivity index (χ1v) is 13.9. The van der Waals surface area contributed by atoms with Crippen LogP contribution in [0.3, 0.4) is 0 Å². The zero-order valence-electron chi connectivity index (χ0n) is 22.6. The minimum Gasteiger partial charge on any atom is -0.309 e. The number of rotatable bonds is 3. The van der Waals surface area contributed by atoms with Crippen molar-refractivity contribution in [3.05, 3.63) is 145 Å². The molecule has 0 amide bonds. The highest BCUT2D eigenvalue weighted by atomic mass is 15.0. The van der Waals surface area contributed by atoms with Crippen LogP contribution in [0.4, 0.5) is 0 Å². The molecule has 190 valence electrons. The second-order valence-corrected chi connectivity index (χ2v) is 11.3. The van der Waals surface area contributed by atoms with Crippen LogP contribution in [0, 0.1) is 0 Å². The van der Waals surface area contributed by atoms with Crippen molar-refractivity contribution in [2.45, 2.75) is 19.3 Å². The maximum atomic E-state index is 4.60. The minimum atomic E-state index is -0.110. The van der Waals surface area contributed by atoms with E-state index in [1.807, 2.05) is 18.3 Å². The molecular formula is C38H28N2. The second kappa shape index (κ2) is 8.53. The Morgan fingerprint density at radius 3 is 2.15 bits per heavy atom. The van der Waals surface area contributed by atoms with Crippen molar-refractivity contribution in [3.8, 4) is 39.2 Å². The smallest absolute Gasteiger partial charge is 0.0702 e. The van der Waals surface area contributed by atoms with Gasteiger partial charge in [-0.2, -0.15) is 0 Å². The fraction of sp³-hybridized carbons (Fsp3) is 0.0789. The molecular weight excluding hydrogens is 484 g/mol. The number of aromatic nitrogens is 2. The first-order valence-electron chi connectivity index (χ1n) is 13.9. The summed E-state index contributed by atoms with van der Waals surface area (Å²) in [7, 11) is 0. The molecule has 0 aliphatic heterocycles. The summed E-state index contributed by atoms with van der Waals surface area (Å²) in [5.41, 5.74) is 13.6. The number of hydrogen-bond acceptors (Lipinski definition) is 1. The maximum absolute atomic E-state index is 4.60. The molecule has 5 aromatic carbocycles. The average Bonchev–Trinajstić information content (AvgIpc) is 3.45. The lowest BCUT2D eigenvalue weighted by Gasteiger charge is -2.22. The summed E-state index contributed by atoms with van der Waals surface area (Å²) in [4.78, 5) is 4.60. The van der Waals surface area contributed by atoms with Crippen LogP contribution in [0.5, 0.6) is 0 Å². The van der Waals surface area contributed by atoms with E-state index in [0.717, 1.165) is 16.9 Å². The van der Waals surface area contributed by atoms with E-state index in [0.29, 0.717) is 0 Å². The quantitative estimate of drug-likeness (QED) is 0.230. The molecule has 0 atom stereocenters. The van der Waals surface area contributed by atoms with Gasteiger partial charge in [0.2, 0.25) is 0 Å². The Hall–Kier alpha value is -4.95. The van der Waals surface area contributed by atoms with Crippen LogP contribution in [-0.2, 0) is 5.41 Å². The predicted molar refractivity (Wildman–Crippen MR) is 167 cm³/mol. The van der Waals surface area contributed by atoms with E-state index in [2.05, 4.69) is 139 Å². The van der Waals surface area contributed by atoms with Crippen LogP contribution in [0.1, 0.15) is 25.0 Å². The lowest BCUT2D eigenvalue weighted by atomic mass is 9.81. The monoisotopic (exact) mass is 512 g/mol. The van der Waals surface area contributed by atoms with E-state index in [9.17, 15) is 0 Å². The molecule has 0 fully saturated rings. The molecule has 1 aliphatic carbocycles. The highest BCUT2D eigenvalue weighted by Gasteiger charge is 2.36. The molecule has 0 N–H and O–H groups in total. The summed E-state index contributed by atoms with van der Waals surface area (Å²) < 4.78 is 2.42. The largest absolute Gasteiger partial charge is 0.309 e. The van der Waals surface area contributed by atoms with Crippen molar-refractivity contribution in [2.75, 3.05) is 0 Å². The maximum Gasteiger partial charge on any atom is 0.0702 e. The van der Waals surface area contributed by atoms with Gasteiger partial charge in [0.05, 0.1) is 16.7 Å². The average molecular weight is 513 g/mol. The summed E-state index contributed by atoms with van der Waals surface area (Å²) in [5.74, 6) is 0. The molecule has 0 saturated carbocycles. The predicted octanol–water partition coefficient (Wildman–Crippen LogP) is 9.82. The van der Waals surface area contributed by atoms with Crippen LogP contribution >= 0.6 is 0 Å². The standard InChI is InChI=1S/C38H28N2/c1-38(2)33-22-26(25-11-4-3-5-12-25)18-19-29(33)31-23-32-30-15-6-7-17-36(30)40(37(32)24-34(31)38)28-14-10-13-27(21-28)35-16-8-9-20-39-35/h3-24H,1-2H3. The number of para-hydroxylation sites is 1. The zero-order chi connectivity index (χ0) is 26.8. The third kappa shape index (κ3) is 3.32. The van der Waals surface area contributed by atoms with Crippen molar-refractivity contribution in [2.24, 2.45) is 0 Å². The third-order valence-corrected chi connectivity index (χ3v) is 8.64. The van der Waals surface area contributed by atoms with Gasteiger partial charge in [-0.15, -0.1) is 0 Å². The first-order chi connectivity index (χ1) is 19.6. The molecule has 8 rings (SSSR count). The number of hydrogen-bond donors (Lipinski definition) is 0. The van der Waals surface area contributed by atoms with E-state index in [4.69, 9.17) is 0 Å². The Labute approximate surface area is 234 Å². The van der Waals surface area contributed by atoms with Gasteiger partial charge in [0, 0.05) is 33.6 Å². The Morgan fingerprint density at radius 2 is 1.30 bits per heavy atom. The molecule has 2 aromatic heterocycles. The second-order valence-electron chi connectivity index (χ2n) is 11.3. The van der Waals surface area contributed by atoms with Crippen LogP contribution < -0.4 is 0 Å². The van der Waals surface area contributed by atoms with E-state index >= 15 is 0 Å². The fourth-order valence-corrected chi connectivity index (χ4v) is 6.62. The SMILES string of the molecule is CC1(C)c2cc(-c3ccccc3)ccc2-c2cc3c4ccccc4n(-c4cccc(-c5ccccn5)c4)c3cc21. The number of nitrogens with zero attached hydrogens (tertiary/aromatic N) is 2. The molecule has 2 heterocycles. The molecule has 0 spiro atoms. The Morgan fingerprint density at radius 1 is 0.525 bits per heavy atom. The normalized spacial score (nSPS) is 13.4. The van der Waals surface area contributed by atoms with E-state index < -0.39 is 0 Å². The fourth-order valence-electron chi connectivity index (χ4n) is 6.62. The van der Waals surface area contributed by atoms with Gasteiger partial charge in [-0.3, -0.25) is 4.98 Å². The van der Waals surface area contributed by atoms with Gasteiger partial charge < -0.3 is 4.57 Å². The highest BCUT2D eigenvalue weighted by molar-refractivity contribution is 6.11. The van der Waals surface area contributed by atoms with E-state index in [-0.39, 0.29) is 5.41 Å². The van der Waals surface area contributed by atoms with E-state index in [1.54, 1.807) is 0 Å². The van der Waals surface area contributed by atoms with Crippen molar-refractivity contribution >= 4 is 21.8 Å². The molecule has 0 bridgehead atoms. The Kier molecular flexibility index (Phi) is 4.90. The summed E-state index contributed by atoms with van der Waals surface area (Å²) in [5, 5.41) is 2.56. The molecule has 7 aromatic rings. The van der Waals surface area contributed by atoms with Gasteiger partial charge in [0.1, 0.15) is 0 Å². The molecule has 40 heavy (non-hydrogen) atoms. The van der Waals surface area contributed by atoms with Gasteiger partial charge in [-0.25, -0.2) is 0 Å². The number of benzene rings is 5. The Bertz CT molecular complexity index is 2060. The molecule has 2 heteroatoms. The topological polar surface area (TPSA) is 17.8 Å². The molecule has 0 saturated heterocycles. The van der Waals surface area contributed by atoms with Gasteiger partial charge in [-0.05, 0) is 81.9 Å².